The summed E-state index contributed by atoms with van der Waals surface area (Å²) in [5.41, 5.74) is 0.703. The van der Waals surface area contributed by atoms with Crippen LogP contribution in [0.4, 0.5) is 0 Å². The number of aliphatic carboxylic acids is 1. The van der Waals surface area contributed by atoms with Crippen molar-refractivity contribution >= 4 is 34.3 Å². The average Bonchev–Trinajstić information content (AvgIpc) is 2.27. The molecule has 0 aliphatic carbocycles. The summed E-state index contributed by atoms with van der Waals surface area (Å²) in [4.78, 5) is 11.1. The van der Waals surface area contributed by atoms with Gasteiger partial charge >= 0.3 is 5.97 Å². The van der Waals surface area contributed by atoms with E-state index in [0.717, 1.165) is 5.75 Å². The van der Waals surface area contributed by atoms with Gasteiger partial charge in [-0.3, -0.25) is 0 Å². The summed E-state index contributed by atoms with van der Waals surface area (Å²) in [5, 5.41) is 11.9. The number of hydrogen-bond donors (Lipinski definition) is 2. The highest BCUT2D eigenvalue weighted by Crippen LogP contribution is 2.14. The normalized spacial score (nSPS) is 11.8. The number of carboxylic acid groups (broad SMARTS) is 1. The number of benzene rings is 1. The molecule has 0 amide bonds. The van der Waals surface area contributed by atoms with Gasteiger partial charge in [0.15, 0.2) is 6.04 Å². The Kier molecular flexibility index (Phi) is 5.28. The van der Waals surface area contributed by atoms with Gasteiger partial charge in [0.2, 0.25) is 0 Å². The van der Waals surface area contributed by atoms with E-state index in [9.17, 15) is 4.79 Å². The molecule has 0 saturated carbocycles. The molecule has 1 aromatic carbocycles. The molecule has 1 unspecified atom stereocenters. The van der Waals surface area contributed by atoms with E-state index in [4.69, 9.17) is 17.3 Å². The Morgan fingerprint density at radius 1 is 1.50 bits per heavy atom. The van der Waals surface area contributed by atoms with Crippen LogP contribution in [-0.2, 0) is 4.79 Å². The number of thiocarbonyl (C=S) groups is 1. The van der Waals surface area contributed by atoms with Crippen LogP contribution in [0, 0.1) is 0 Å². The van der Waals surface area contributed by atoms with E-state index in [2.05, 4.69) is 5.32 Å². The number of rotatable bonds is 4. The third kappa shape index (κ3) is 3.83. The molecule has 0 heterocycles. The van der Waals surface area contributed by atoms with Crippen molar-refractivity contribution in [1.29, 1.82) is 0 Å². The van der Waals surface area contributed by atoms with Gasteiger partial charge in [-0.25, -0.2) is 4.79 Å². The maximum atomic E-state index is 11.1. The van der Waals surface area contributed by atoms with E-state index in [0.29, 0.717) is 9.88 Å². The van der Waals surface area contributed by atoms with Crippen molar-refractivity contribution in [3.63, 3.8) is 0 Å². The molecule has 5 heteroatoms. The molecule has 16 heavy (non-hydrogen) atoms. The van der Waals surface area contributed by atoms with Gasteiger partial charge in [0.05, 0.1) is 0 Å². The zero-order valence-electron chi connectivity index (χ0n) is 8.84. The monoisotopic (exact) mass is 255 g/mol. The SMILES string of the molecule is CCSC(=S)NC(C(=O)O)c1ccccc1. The summed E-state index contributed by atoms with van der Waals surface area (Å²) >= 11 is 6.47. The summed E-state index contributed by atoms with van der Waals surface area (Å²) in [7, 11) is 0. The molecule has 0 aromatic heterocycles. The summed E-state index contributed by atoms with van der Waals surface area (Å²) in [6.07, 6.45) is 0. The molecule has 0 saturated heterocycles. The second-order valence-corrected chi connectivity index (χ2v) is 4.99. The van der Waals surface area contributed by atoms with E-state index in [-0.39, 0.29) is 0 Å². The summed E-state index contributed by atoms with van der Waals surface area (Å²) in [6, 6.07) is 8.23. The Labute approximate surface area is 104 Å². The third-order valence-electron chi connectivity index (χ3n) is 1.92. The highest BCUT2D eigenvalue weighted by atomic mass is 32.2. The van der Waals surface area contributed by atoms with Crippen LogP contribution in [0.15, 0.2) is 30.3 Å². The molecule has 3 nitrogen and oxygen atoms in total. The van der Waals surface area contributed by atoms with Crippen LogP contribution in [0.1, 0.15) is 18.5 Å². The maximum absolute atomic E-state index is 11.1. The van der Waals surface area contributed by atoms with Crippen molar-refractivity contribution in [2.24, 2.45) is 0 Å². The fourth-order valence-electron chi connectivity index (χ4n) is 1.22. The lowest BCUT2D eigenvalue weighted by Gasteiger charge is -2.15. The Morgan fingerprint density at radius 3 is 2.62 bits per heavy atom. The van der Waals surface area contributed by atoms with Gasteiger partial charge in [0, 0.05) is 0 Å². The first kappa shape index (κ1) is 13.0. The van der Waals surface area contributed by atoms with Gasteiger partial charge in [-0.15, -0.1) is 0 Å². The standard InChI is InChI=1S/C11H13NO2S2/c1-2-16-11(15)12-9(10(13)14)8-6-4-3-5-7-8/h3-7,9H,2H2,1H3,(H,12,15)(H,13,14). The second-order valence-electron chi connectivity index (χ2n) is 3.05. The van der Waals surface area contributed by atoms with Crippen molar-refractivity contribution < 1.29 is 9.90 Å². The Hall–Kier alpha value is -1.07. The molecule has 2 N–H and O–H groups in total. The minimum Gasteiger partial charge on any atom is -0.479 e. The molecule has 0 aliphatic rings. The van der Waals surface area contributed by atoms with Crippen LogP contribution in [-0.4, -0.2) is 21.1 Å². The molecule has 0 spiro atoms. The van der Waals surface area contributed by atoms with Crippen LogP contribution in [0.3, 0.4) is 0 Å². The van der Waals surface area contributed by atoms with Gasteiger partial charge < -0.3 is 10.4 Å². The van der Waals surface area contributed by atoms with Crippen LogP contribution < -0.4 is 5.32 Å². The summed E-state index contributed by atoms with van der Waals surface area (Å²) in [5.74, 6) is -0.0993. The van der Waals surface area contributed by atoms with Gasteiger partial charge in [-0.2, -0.15) is 0 Å². The quantitative estimate of drug-likeness (QED) is 0.809. The maximum Gasteiger partial charge on any atom is 0.330 e. The predicted molar refractivity (Wildman–Crippen MR) is 70.7 cm³/mol. The van der Waals surface area contributed by atoms with Crippen molar-refractivity contribution in [2.75, 3.05) is 5.75 Å². The van der Waals surface area contributed by atoms with E-state index < -0.39 is 12.0 Å². The first-order valence-corrected chi connectivity index (χ1v) is 6.25. The van der Waals surface area contributed by atoms with Crippen molar-refractivity contribution in [1.82, 2.24) is 5.32 Å². The van der Waals surface area contributed by atoms with Crippen LogP contribution in [0.25, 0.3) is 0 Å². The highest BCUT2D eigenvalue weighted by molar-refractivity contribution is 8.22. The molecule has 0 aliphatic heterocycles. The Morgan fingerprint density at radius 2 is 2.12 bits per heavy atom. The Bertz CT molecular complexity index is 368. The zero-order chi connectivity index (χ0) is 12.0. The minimum absolute atomic E-state index is 0.513. The smallest absolute Gasteiger partial charge is 0.330 e. The van der Waals surface area contributed by atoms with E-state index in [1.54, 1.807) is 12.1 Å². The average molecular weight is 255 g/mol. The zero-order valence-corrected chi connectivity index (χ0v) is 10.5. The van der Waals surface area contributed by atoms with Crippen LogP contribution >= 0.6 is 24.0 Å². The first-order valence-electron chi connectivity index (χ1n) is 4.86. The number of hydrogen-bond acceptors (Lipinski definition) is 3. The number of thioether (sulfide) groups is 1. The lowest BCUT2D eigenvalue weighted by Crippen LogP contribution is -2.31. The highest BCUT2D eigenvalue weighted by Gasteiger charge is 2.19. The third-order valence-corrected chi connectivity index (χ3v) is 3.06. The molecular weight excluding hydrogens is 242 g/mol. The molecule has 86 valence electrons. The number of nitrogens with one attached hydrogen (secondary N) is 1. The fraction of sp³-hybridized carbons (Fsp3) is 0.273. The van der Waals surface area contributed by atoms with Crippen LogP contribution in [0.2, 0.25) is 0 Å². The van der Waals surface area contributed by atoms with Crippen molar-refractivity contribution in [3.8, 4) is 0 Å². The largest absolute Gasteiger partial charge is 0.479 e. The van der Waals surface area contributed by atoms with E-state index >= 15 is 0 Å². The molecular formula is C11H13NO2S2. The molecule has 1 atom stereocenters. The number of carboxylic acids is 1. The predicted octanol–water partition coefficient (Wildman–Crippen LogP) is 2.44. The lowest BCUT2D eigenvalue weighted by molar-refractivity contribution is -0.139. The van der Waals surface area contributed by atoms with Crippen molar-refractivity contribution in [2.45, 2.75) is 13.0 Å². The molecule has 1 rings (SSSR count). The van der Waals surface area contributed by atoms with Gasteiger partial charge in [0.1, 0.15) is 4.32 Å². The fourth-order valence-corrected chi connectivity index (χ4v) is 2.16. The number of carbonyl (C=O) groups is 1. The topological polar surface area (TPSA) is 49.3 Å². The minimum atomic E-state index is -0.926. The van der Waals surface area contributed by atoms with Gasteiger partial charge in [0.25, 0.3) is 0 Å². The van der Waals surface area contributed by atoms with Gasteiger partial charge in [-0.1, -0.05) is 61.2 Å². The lowest BCUT2D eigenvalue weighted by atomic mass is 10.1. The molecule has 1 aromatic rings. The van der Waals surface area contributed by atoms with Crippen molar-refractivity contribution in [3.05, 3.63) is 35.9 Å². The molecule has 0 bridgehead atoms. The van der Waals surface area contributed by atoms with Gasteiger partial charge in [-0.05, 0) is 11.3 Å². The molecule has 0 fully saturated rings. The molecule has 0 radical (unpaired) electrons. The van der Waals surface area contributed by atoms with E-state index in [1.807, 2.05) is 25.1 Å². The summed E-state index contributed by atoms with van der Waals surface area (Å²) in [6.45, 7) is 1.97. The first-order chi connectivity index (χ1) is 7.65. The Balaban J connectivity index is 2.77. The second kappa shape index (κ2) is 6.50. The summed E-state index contributed by atoms with van der Waals surface area (Å²) < 4.78 is 0.513. The van der Waals surface area contributed by atoms with Crippen LogP contribution in [0.5, 0.6) is 0 Å². The van der Waals surface area contributed by atoms with E-state index in [1.165, 1.54) is 11.8 Å².